The topological polar surface area (TPSA) is 64.4 Å². The third-order valence-electron chi connectivity index (χ3n) is 5.69. The summed E-state index contributed by atoms with van der Waals surface area (Å²) >= 11 is 0. The summed E-state index contributed by atoms with van der Waals surface area (Å²) in [5, 5.41) is 12.5. The van der Waals surface area contributed by atoms with Crippen molar-refractivity contribution in [2.45, 2.75) is 38.3 Å². The number of fused-ring (bicyclic) bond motifs is 1. The number of nitrogens with one attached hydrogen (secondary N) is 1. The molecule has 0 aliphatic carbocycles. The quantitative estimate of drug-likeness (QED) is 0.865. The normalized spacial score (nSPS) is 20.7. The van der Waals surface area contributed by atoms with E-state index in [0.717, 1.165) is 74.4 Å². The largest absolute Gasteiger partial charge is 0.497 e. The van der Waals surface area contributed by atoms with Crippen LogP contribution in [-0.4, -0.2) is 60.1 Å². The minimum absolute atomic E-state index is 0.491. The molecule has 0 bridgehead atoms. The molecule has 1 atom stereocenters. The van der Waals surface area contributed by atoms with Crippen molar-refractivity contribution in [1.29, 1.82) is 0 Å². The average Bonchev–Trinajstić information content (AvgIpc) is 3.03. The van der Waals surface area contributed by atoms with Crippen LogP contribution in [0.1, 0.15) is 36.0 Å². The van der Waals surface area contributed by atoms with E-state index in [1.807, 2.05) is 12.1 Å². The van der Waals surface area contributed by atoms with Crippen LogP contribution in [0.15, 0.2) is 18.2 Å². The van der Waals surface area contributed by atoms with Gasteiger partial charge in [0.05, 0.1) is 14.2 Å². The van der Waals surface area contributed by atoms with E-state index in [0.29, 0.717) is 5.92 Å². The minimum Gasteiger partial charge on any atom is -0.497 e. The van der Waals surface area contributed by atoms with Gasteiger partial charge in [0.25, 0.3) is 0 Å². The van der Waals surface area contributed by atoms with E-state index in [1.54, 1.807) is 14.2 Å². The maximum Gasteiger partial charge on any atom is 0.137 e. The zero-order valence-electron chi connectivity index (χ0n) is 16.3. The Morgan fingerprint density at radius 1 is 1.15 bits per heavy atom. The van der Waals surface area contributed by atoms with Crippen LogP contribution in [0.4, 0.5) is 0 Å². The van der Waals surface area contributed by atoms with Crippen molar-refractivity contribution in [1.82, 2.24) is 25.0 Å². The lowest BCUT2D eigenvalue weighted by Gasteiger charge is -2.23. The lowest BCUT2D eigenvalue weighted by atomic mass is 9.99. The Morgan fingerprint density at radius 3 is 2.85 bits per heavy atom. The SMILES string of the molecule is COc1ccc(OC)c(CN2CCc3nnc(C4CCCNC4)n3CC2)c1. The molecule has 0 amide bonds. The van der Waals surface area contributed by atoms with Crippen LogP contribution >= 0.6 is 0 Å². The number of benzene rings is 1. The molecule has 1 aromatic carbocycles. The summed E-state index contributed by atoms with van der Waals surface area (Å²) in [6, 6.07) is 5.99. The van der Waals surface area contributed by atoms with Crippen LogP contribution in [0.5, 0.6) is 11.5 Å². The van der Waals surface area contributed by atoms with Gasteiger partial charge in [0.15, 0.2) is 0 Å². The van der Waals surface area contributed by atoms with Crippen molar-refractivity contribution in [3.63, 3.8) is 0 Å². The van der Waals surface area contributed by atoms with Crippen LogP contribution < -0.4 is 14.8 Å². The van der Waals surface area contributed by atoms with Crippen LogP contribution in [0.25, 0.3) is 0 Å². The van der Waals surface area contributed by atoms with Crippen LogP contribution in [0.2, 0.25) is 0 Å². The zero-order valence-corrected chi connectivity index (χ0v) is 16.3. The van der Waals surface area contributed by atoms with Crippen LogP contribution in [-0.2, 0) is 19.5 Å². The second kappa shape index (κ2) is 8.27. The van der Waals surface area contributed by atoms with Crippen molar-refractivity contribution in [3.8, 4) is 11.5 Å². The van der Waals surface area contributed by atoms with Gasteiger partial charge >= 0.3 is 0 Å². The molecular formula is C20H29N5O2. The number of methoxy groups -OCH3 is 2. The van der Waals surface area contributed by atoms with Gasteiger partial charge in [-0.15, -0.1) is 10.2 Å². The van der Waals surface area contributed by atoms with Gasteiger partial charge in [-0.3, -0.25) is 4.90 Å². The summed E-state index contributed by atoms with van der Waals surface area (Å²) < 4.78 is 13.3. The van der Waals surface area contributed by atoms with Gasteiger partial charge in [0, 0.05) is 50.6 Å². The van der Waals surface area contributed by atoms with Gasteiger partial charge < -0.3 is 19.4 Å². The van der Waals surface area contributed by atoms with Gasteiger partial charge in [0.2, 0.25) is 0 Å². The first-order chi connectivity index (χ1) is 13.3. The molecule has 2 aliphatic rings. The third kappa shape index (κ3) is 3.94. The first kappa shape index (κ1) is 18.3. The molecule has 1 fully saturated rings. The first-order valence-corrected chi connectivity index (χ1v) is 9.84. The van der Waals surface area contributed by atoms with E-state index >= 15 is 0 Å². The molecular weight excluding hydrogens is 342 g/mol. The highest BCUT2D eigenvalue weighted by Gasteiger charge is 2.25. The van der Waals surface area contributed by atoms with Crippen molar-refractivity contribution in [2.24, 2.45) is 0 Å². The predicted octanol–water partition coefficient (Wildman–Crippen LogP) is 1.82. The van der Waals surface area contributed by atoms with Crippen molar-refractivity contribution >= 4 is 0 Å². The fraction of sp³-hybridized carbons (Fsp3) is 0.600. The van der Waals surface area contributed by atoms with Gasteiger partial charge in [-0.05, 0) is 37.6 Å². The maximum atomic E-state index is 5.55. The number of hydrogen-bond donors (Lipinski definition) is 1. The van der Waals surface area contributed by atoms with E-state index in [4.69, 9.17) is 9.47 Å². The number of rotatable bonds is 5. The maximum absolute atomic E-state index is 5.55. The Kier molecular flexibility index (Phi) is 5.59. The molecule has 4 rings (SSSR count). The van der Waals surface area contributed by atoms with E-state index in [1.165, 1.54) is 12.8 Å². The molecule has 0 radical (unpaired) electrons. The fourth-order valence-corrected chi connectivity index (χ4v) is 4.17. The van der Waals surface area contributed by atoms with Crippen LogP contribution in [0.3, 0.4) is 0 Å². The minimum atomic E-state index is 0.491. The Morgan fingerprint density at radius 2 is 2.07 bits per heavy atom. The van der Waals surface area contributed by atoms with E-state index in [2.05, 4.69) is 31.0 Å². The van der Waals surface area contributed by atoms with E-state index in [-0.39, 0.29) is 0 Å². The van der Waals surface area contributed by atoms with Gasteiger partial charge in [-0.1, -0.05) is 0 Å². The number of ether oxygens (including phenoxy) is 2. The molecule has 1 N–H and O–H groups in total. The molecule has 7 nitrogen and oxygen atoms in total. The lowest BCUT2D eigenvalue weighted by Crippen LogP contribution is -2.31. The highest BCUT2D eigenvalue weighted by Crippen LogP contribution is 2.27. The summed E-state index contributed by atoms with van der Waals surface area (Å²) in [4.78, 5) is 2.47. The van der Waals surface area contributed by atoms with Crippen molar-refractivity contribution < 1.29 is 9.47 Å². The number of aromatic nitrogens is 3. The second-order valence-corrected chi connectivity index (χ2v) is 7.37. The molecule has 0 spiro atoms. The molecule has 2 aromatic rings. The highest BCUT2D eigenvalue weighted by molar-refractivity contribution is 5.40. The number of nitrogens with zero attached hydrogens (tertiary/aromatic N) is 4. The Bertz CT molecular complexity index is 770. The summed E-state index contributed by atoms with van der Waals surface area (Å²) in [5.41, 5.74) is 1.16. The monoisotopic (exact) mass is 371 g/mol. The predicted molar refractivity (Wildman–Crippen MR) is 103 cm³/mol. The number of hydrogen-bond acceptors (Lipinski definition) is 6. The Hall–Kier alpha value is -2.12. The molecule has 0 saturated carbocycles. The molecule has 1 unspecified atom stereocenters. The molecule has 27 heavy (non-hydrogen) atoms. The van der Waals surface area contributed by atoms with Crippen molar-refractivity contribution in [3.05, 3.63) is 35.4 Å². The van der Waals surface area contributed by atoms with Crippen LogP contribution in [0, 0.1) is 0 Å². The van der Waals surface area contributed by atoms with E-state index < -0.39 is 0 Å². The Labute approximate surface area is 160 Å². The Balaban J connectivity index is 1.47. The van der Waals surface area contributed by atoms with Crippen molar-refractivity contribution in [2.75, 3.05) is 40.4 Å². The average molecular weight is 371 g/mol. The van der Waals surface area contributed by atoms with Gasteiger partial charge in [-0.25, -0.2) is 0 Å². The zero-order chi connectivity index (χ0) is 18.6. The highest BCUT2D eigenvalue weighted by atomic mass is 16.5. The third-order valence-corrected chi connectivity index (χ3v) is 5.69. The summed E-state index contributed by atoms with van der Waals surface area (Å²) in [7, 11) is 3.42. The fourth-order valence-electron chi connectivity index (χ4n) is 4.17. The summed E-state index contributed by atoms with van der Waals surface area (Å²) in [5.74, 6) is 4.55. The standard InChI is InChI=1S/C20H29N5O2/c1-26-17-5-6-18(27-2)16(12-17)14-24-9-7-19-22-23-20(25(19)11-10-24)15-4-3-8-21-13-15/h5-6,12,15,21H,3-4,7-11,13-14H2,1-2H3. The molecule has 1 aromatic heterocycles. The van der Waals surface area contributed by atoms with Gasteiger partial charge in [-0.2, -0.15) is 0 Å². The summed E-state index contributed by atoms with van der Waals surface area (Å²) in [6.07, 6.45) is 3.35. The number of piperidine rings is 1. The first-order valence-electron chi connectivity index (χ1n) is 9.84. The smallest absolute Gasteiger partial charge is 0.137 e. The lowest BCUT2D eigenvalue weighted by molar-refractivity contribution is 0.264. The second-order valence-electron chi connectivity index (χ2n) is 7.37. The molecule has 3 heterocycles. The van der Waals surface area contributed by atoms with E-state index in [9.17, 15) is 0 Å². The molecule has 7 heteroatoms. The molecule has 1 saturated heterocycles. The van der Waals surface area contributed by atoms with Gasteiger partial charge in [0.1, 0.15) is 23.1 Å². The molecule has 146 valence electrons. The molecule has 2 aliphatic heterocycles. The summed E-state index contributed by atoms with van der Waals surface area (Å²) in [6.45, 7) is 5.88.